The third-order valence-corrected chi connectivity index (χ3v) is 1.90. The first kappa shape index (κ1) is 8.26. The summed E-state index contributed by atoms with van der Waals surface area (Å²) in [6, 6.07) is 6.45. The van der Waals surface area contributed by atoms with Gasteiger partial charge < -0.3 is 4.98 Å². The van der Waals surface area contributed by atoms with Crippen molar-refractivity contribution in [2.75, 3.05) is 0 Å². The SMILES string of the molecule is Fc1ccccc1-c1cnc(Cl)[nH]1. The quantitative estimate of drug-likeness (QED) is 0.747. The van der Waals surface area contributed by atoms with Crippen LogP contribution in [0.5, 0.6) is 0 Å². The Balaban J connectivity index is 2.52. The summed E-state index contributed by atoms with van der Waals surface area (Å²) in [5.74, 6) is -0.289. The predicted molar refractivity (Wildman–Crippen MR) is 49.0 cm³/mol. The maximum atomic E-state index is 13.2. The summed E-state index contributed by atoms with van der Waals surface area (Å²) in [6.07, 6.45) is 1.50. The van der Waals surface area contributed by atoms with Crippen LogP contribution in [-0.2, 0) is 0 Å². The summed E-state index contributed by atoms with van der Waals surface area (Å²) in [6.45, 7) is 0. The fraction of sp³-hybridized carbons (Fsp3) is 0. The van der Waals surface area contributed by atoms with Gasteiger partial charge in [0.25, 0.3) is 0 Å². The highest BCUT2D eigenvalue weighted by atomic mass is 35.5. The van der Waals surface area contributed by atoms with Crippen molar-refractivity contribution in [1.29, 1.82) is 0 Å². The molecule has 0 atom stereocenters. The highest BCUT2D eigenvalue weighted by Gasteiger charge is 2.05. The van der Waals surface area contributed by atoms with Crippen molar-refractivity contribution in [2.24, 2.45) is 0 Å². The van der Waals surface area contributed by atoms with E-state index in [9.17, 15) is 4.39 Å². The van der Waals surface area contributed by atoms with Gasteiger partial charge in [0.1, 0.15) is 5.82 Å². The number of rotatable bonds is 1. The fourth-order valence-electron chi connectivity index (χ4n) is 1.11. The van der Waals surface area contributed by atoms with E-state index in [1.54, 1.807) is 18.2 Å². The molecule has 0 saturated carbocycles. The summed E-state index contributed by atoms with van der Waals surface area (Å²) >= 11 is 5.57. The highest BCUT2D eigenvalue weighted by Crippen LogP contribution is 2.21. The molecule has 66 valence electrons. The van der Waals surface area contributed by atoms with Crippen molar-refractivity contribution in [3.05, 3.63) is 41.6 Å². The second-order valence-electron chi connectivity index (χ2n) is 2.57. The number of nitrogens with zero attached hydrogens (tertiary/aromatic N) is 1. The molecule has 0 saturated heterocycles. The molecule has 2 aromatic rings. The summed E-state index contributed by atoms with van der Waals surface area (Å²) in [4.78, 5) is 6.52. The lowest BCUT2D eigenvalue weighted by atomic mass is 10.1. The van der Waals surface area contributed by atoms with Gasteiger partial charge in [-0.3, -0.25) is 0 Å². The molecule has 0 aliphatic rings. The molecule has 4 heteroatoms. The van der Waals surface area contributed by atoms with Crippen LogP contribution in [0.15, 0.2) is 30.5 Å². The van der Waals surface area contributed by atoms with Crippen molar-refractivity contribution in [3.8, 4) is 11.3 Å². The summed E-state index contributed by atoms with van der Waals surface area (Å²) in [5.41, 5.74) is 1.06. The van der Waals surface area contributed by atoms with E-state index >= 15 is 0 Å². The third kappa shape index (κ3) is 1.55. The minimum atomic E-state index is -0.289. The van der Waals surface area contributed by atoms with Crippen LogP contribution in [0, 0.1) is 5.82 Å². The maximum absolute atomic E-state index is 13.2. The van der Waals surface area contributed by atoms with Gasteiger partial charge in [0.2, 0.25) is 0 Å². The molecule has 1 heterocycles. The smallest absolute Gasteiger partial charge is 0.200 e. The first-order chi connectivity index (χ1) is 6.27. The lowest BCUT2D eigenvalue weighted by molar-refractivity contribution is 0.631. The van der Waals surface area contributed by atoms with E-state index in [2.05, 4.69) is 9.97 Å². The zero-order chi connectivity index (χ0) is 9.26. The Morgan fingerprint density at radius 1 is 1.31 bits per heavy atom. The number of aromatic nitrogens is 2. The molecule has 0 fully saturated rings. The molecule has 0 spiro atoms. The van der Waals surface area contributed by atoms with Crippen LogP contribution in [0.25, 0.3) is 11.3 Å². The Kier molecular flexibility index (Phi) is 2.02. The molecule has 2 nitrogen and oxygen atoms in total. The molecule has 0 aliphatic heterocycles. The van der Waals surface area contributed by atoms with Gasteiger partial charge in [-0.15, -0.1) is 0 Å². The summed E-state index contributed by atoms with van der Waals surface area (Å²) in [5, 5.41) is 0.262. The Labute approximate surface area is 79.4 Å². The van der Waals surface area contributed by atoms with E-state index in [-0.39, 0.29) is 11.1 Å². The molecule has 1 aromatic heterocycles. The van der Waals surface area contributed by atoms with Gasteiger partial charge in [-0.2, -0.15) is 0 Å². The lowest BCUT2D eigenvalue weighted by Crippen LogP contribution is -1.82. The van der Waals surface area contributed by atoms with E-state index < -0.39 is 0 Å². The molecule has 0 amide bonds. The van der Waals surface area contributed by atoms with E-state index in [1.165, 1.54) is 12.3 Å². The second kappa shape index (κ2) is 3.18. The monoisotopic (exact) mass is 196 g/mol. The van der Waals surface area contributed by atoms with E-state index in [0.717, 1.165) is 0 Å². The first-order valence-electron chi connectivity index (χ1n) is 3.73. The van der Waals surface area contributed by atoms with Gasteiger partial charge in [-0.1, -0.05) is 12.1 Å². The van der Waals surface area contributed by atoms with Gasteiger partial charge in [0.05, 0.1) is 11.9 Å². The Morgan fingerprint density at radius 2 is 2.08 bits per heavy atom. The Hall–Kier alpha value is -1.35. The highest BCUT2D eigenvalue weighted by molar-refractivity contribution is 6.28. The van der Waals surface area contributed by atoms with Crippen LogP contribution >= 0.6 is 11.6 Å². The van der Waals surface area contributed by atoms with Crippen LogP contribution in [0.2, 0.25) is 5.28 Å². The minimum Gasteiger partial charge on any atom is -0.329 e. The molecular weight excluding hydrogens is 191 g/mol. The van der Waals surface area contributed by atoms with Gasteiger partial charge >= 0.3 is 0 Å². The molecule has 0 unspecified atom stereocenters. The van der Waals surface area contributed by atoms with Crippen molar-refractivity contribution >= 4 is 11.6 Å². The molecule has 0 bridgehead atoms. The predicted octanol–water partition coefficient (Wildman–Crippen LogP) is 2.87. The van der Waals surface area contributed by atoms with Gasteiger partial charge in [-0.25, -0.2) is 9.37 Å². The summed E-state index contributed by atoms with van der Waals surface area (Å²) in [7, 11) is 0. The number of aromatic amines is 1. The molecule has 1 N–H and O–H groups in total. The fourth-order valence-corrected chi connectivity index (χ4v) is 1.26. The number of halogens is 2. The second-order valence-corrected chi connectivity index (χ2v) is 2.93. The van der Waals surface area contributed by atoms with E-state index in [0.29, 0.717) is 11.3 Å². The topological polar surface area (TPSA) is 28.7 Å². The van der Waals surface area contributed by atoms with Crippen LogP contribution in [0.1, 0.15) is 0 Å². The number of hydrogen-bond donors (Lipinski definition) is 1. The Morgan fingerprint density at radius 3 is 2.69 bits per heavy atom. The summed E-state index contributed by atoms with van der Waals surface area (Å²) < 4.78 is 13.2. The number of nitrogens with one attached hydrogen (secondary N) is 1. The van der Waals surface area contributed by atoms with Crippen molar-refractivity contribution < 1.29 is 4.39 Å². The molecule has 2 rings (SSSR count). The third-order valence-electron chi connectivity index (χ3n) is 1.71. The molecular formula is C9H6ClFN2. The average molecular weight is 197 g/mol. The maximum Gasteiger partial charge on any atom is 0.200 e. The lowest BCUT2D eigenvalue weighted by Gasteiger charge is -1.97. The van der Waals surface area contributed by atoms with E-state index in [1.807, 2.05) is 0 Å². The van der Waals surface area contributed by atoms with Crippen LogP contribution in [-0.4, -0.2) is 9.97 Å². The average Bonchev–Trinajstić information content (AvgIpc) is 2.53. The molecule has 0 aliphatic carbocycles. The van der Waals surface area contributed by atoms with Crippen LogP contribution in [0.3, 0.4) is 0 Å². The Bertz CT molecular complexity index is 425. The number of imidazole rings is 1. The van der Waals surface area contributed by atoms with Crippen LogP contribution in [0.4, 0.5) is 4.39 Å². The number of H-pyrrole nitrogens is 1. The molecule has 0 radical (unpaired) electrons. The van der Waals surface area contributed by atoms with Crippen molar-refractivity contribution in [2.45, 2.75) is 0 Å². The molecule has 13 heavy (non-hydrogen) atoms. The van der Waals surface area contributed by atoms with Crippen molar-refractivity contribution in [3.63, 3.8) is 0 Å². The van der Waals surface area contributed by atoms with Gasteiger partial charge in [-0.05, 0) is 23.7 Å². The first-order valence-corrected chi connectivity index (χ1v) is 4.10. The van der Waals surface area contributed by atoms with Crippen LogP contribution < -0.4 is 0 Å². The zero-order valence-corrected chi connectivity index (χ0v) is 7.35. The normalized spacial score (nSPS) is 10.3. The van der Waals surface area contributed by atoms with Gasteiger partial charge in [0, 0.05) is 5.56 Å². The number of benzene rings is 1. The van der Waals surface area contributed by atoms with Gasteiger partial charge in [0.15, 0.2) is 5.28 Å². The minimum absolute atomic E-state index is 0.262. The largest absolute Gasteiger partial charge is 0.329 e. The standard InChI is InChI=1S/C9H6ClFN2/c10-9-12-5-8(13-9)6-3-1-2-4-7(6)11/h1-5H,(H,12,13). The molecule has 1 aromatic carbocycles. The van der Waals surface area contributed by atoms with Crippen molar-refractivity contribution in [1.82, 2.24) is 9.97 Å². The number of hydrogen-bond acceptors (Lipinski definition) is 1. The zero-order valence-electron chi connectivity index (χ0n) is 6.59. The van der Waals surface area contributed by atoms with E-state index in [4.69, 9.17) is 11.6 Å².